The van der Waals surface area contributed by atoms with Gasteiger partial charge in [0.2, 0.25) is 0 Å². The minimum absolute atomic E-state index is 1.04. The second-order valence-electron chi connectivity index (χ2n) is 2.45. The van der Waals surface area contributed by atoms with Gasteiger partial charge < -0.3 is 0 Å². The maximum absolute atomic E-state index is 4.29. The van der Waals surface area contributed by atoms with E-state index in [0.29, 0.717) is 0 Å². The van der Waals surface area contributed by atoms with E-state index in [0.717, 1.165) is 10.1 Å². The van der Waals surface area contributed by atoms with E-state index < -0.39 is 0 Å². The molecule has 1 aromatic heterocycles. The normalized spacial score (nSPS) is 19.1. The third-order valence-electron chi connectivity index (χ3n) is 1.58. The molecule has 2 aliphatic heterocycles. The number of aromatic nitrogens is 2. The van der Waals surface area contributed by atoms with Crippen molar-refractivity contribution in [1.29, 1.82) is 0 Å². The molecule has 0 spiro atoms. The summed E-state index contributed by atoms with van der Waals surface area (Å²) >= 11 is 6.99. The smallest absolute Gasteiger partial charge is 0.134 e. The van der Waals surface area contributed by atoms with Crippen molar-refractivity contribution in [1.82, 2.24) is 9.97 Å². The molecule has 0 aromatic carbocycles. The number of nitrogens with zero attached hydrogens (tertiary/aromatic N) is 2. The van der Waals surface area contributed by atoms with E-state index in [1.54, 1.807) is 59.4 Å². The van der Waals surface area contributed by atoms with E-state index in [-0.39, 0.29) is 0 Å². The molecule has 0 radical (unpaired) electrons. The van der Waals surface area contributed by atoms with Crippen LogP contribution < -0.4 is 0 Å². The van der Waals surface area contributed by atoms with E-state index in [1.165, 1.54) is 8.47 Å². The van der Waals surface area contributed by atoms with Crippen molar-refractivity contribution in [2.24, 2.45) is 0 Å². The highest BCUT2D eigenvalue weighted by molar-refractivity contribution is 8.32. The Morgan fingerprint density at radius 2 is 1.36 bits per heavy atom. The van der Waals surface area contributed by atoms with Crippen LogP contribution in [0.3, 0.4) is 0 Å². The minimum atomic E-state index is 1.04. The summed E-state index contributed by atoms with van der Waals surface area (Å²) in [7, 11) is 0. The van der Waals surface area contributed by atoms with Crippen LogP contribution in [-0.4, -0.2) is 9.97 Å². The van der Waals surface area contributed by atoms with Gasteiger partial charge in [-0.25, -0.2) is 9.97 Å². The fourth-order valence-corrected chi connectivity index (χ4v) is 5.47. The van der Waals surface area contributed by atoms with Crippen LogP contribution in [-0.2, 0) is 0 Å². The molecule has 3 heterocycles. The van der Waals surface area contributed by atoms with E-state index in [9.17, 15) is 0 Å². The Morgan fingerprint density at radius 3 is 1.93 bits per heavy atom. The second kappa shape index (κ2) is 3.84. The average molecular weight is 256 g/mol. The molecule has 3 rings (SSSR count). The summed E-state index contributed by atoms with van der Waals surface area (Å²) in [6.45, 7) is 0. The van der Waals surface area contributed by atoms with Crippen LogP contribution in [0.5, 0.6) is 0 Å². The molecular formula is C8H4N2S4. The first-order valence-corrected chi connectivity index (χ1v) is 7.22. The molecule has 0 bridgehead atoms. The summed E-state index contributed by atoms with van der Waals surface area (Å²) in [5.41, 5.74) is 0. The first-order chi connectivity index (χ1) is 6.93. The topological polar surface area (TPSA) is 25.8 Å². The molecule has 2 aliphatic rings. The first kappa shape index (κ1) is 9.21. The Hall–Kier alpha value is -0.0400. The fourth-order valence-electron chi connectivity index (χ4n) is 1.04. The van der Waals surface area contributed by atoms with Crippen molar-refractivity contribution in [3.63, 3.8) is 0 Å². The van der Waals surface area contributed by atoms with E-state index in [2.05, 4.69) is 20.8 Å². The highest BCUT2D eigenvalue weighted by Gasteiger charge is 2.24. The fraction of sp³-hybridized carbons (Fsp3) is 0. The van der Waals surface area contributed by atoms with Gasteiger partial charge >= 0.3 is 0 Å². The predicted molar refractivity (Wildman–Crippen MR) is 65.1 cm³/mol. The van der Waals surface area contributed by atoms with Gasteiger partial charge in [0, 0.05) is 12.4 Å². The Balaban J connectivity index is 1.95. The third kappa shape index (κ3) is 1.60. The van der Waals surface area contributed by atoms with Gasteiger partial charge in [-0.2, -0.15) is 0 Å². The van der Waals surface area contributed by atoms with Crippen molar-refractivity contribution >= 4 is 47.0 Å². The van der Waals surface area contributed by atoms with Crippen molar-refractivity contribution < 1.29 is 0 Å². The molecule has 70 valence electrons. The molecular weight excluding hydrogens is 252 g/mol. The van der Waals surface area contributed by atoms with Crippen molar-refractivity contribution in [2.75, 3.05) is 0 Å². The molecule has 0 atom stereocenters. The van der Waals surface area contributed by atoms with Crippen LogP contribution in [0.25, 0.3) is 0 Å². The maximum atomic E-state index is 4.29. The highest BCUT2D eigenvalue weighted by Crippen LogP contribution is 2.55. The van der Waals surface area contributed by atoms with Crippen LogP contribution in [0.15, 0.2) is 41.7 Å². The van der Waals surface area contributed by atoms with Crippen molar-refractivity contribution in [3.8, 4) is 0 Å². The molecule has 6 heteroatoms. The van der Waals surface area contributed by atoms with Crippen LogP contribution in [0.4, 0.5) is 0 Å². The van der Waals surface area contributed by atoms with Gasteiger partial charge in [-0.05, 0) is 10.8 Å². The zero-order chi connectivity index (χ0) is 9.38. The van der Waals surface area contributed by atoms with Crippen LogP contribution in [0, 0.1) is 0 Å². The Kier molecular flexibility index (Phi) is 2.53. The second-order valence-corrected chi connectivity index (χ2v) is 6.80. The molecule has 0 amide bonds. The lowest BCUT2D eigenvalue weighted by Gasteiger charge is -1.97. The standard InChI is InChI=1S/C8H4N2S4/c1-2-10-6-5(9-1)13-8(14-6)7-11-3-4-12-7/h1-4H. The molecule has 0 aliphatic carbocycles. The minimum Gasteiger partial charge on any atom is -0.245 e. The number of rotatable bonds is 0. The first-order valence-electron chi connectivity index (χ1n) is 3.83. The molecule has 0 saturated carbocycles. The summed E-state index contributed by atoms with van der Waals surface area (Å²) in [4.78, 5) is 8.57. The quantitative estimate of drug-likeness (QED) is 0.701. The lowest BCUT2D eigenvalue weighted by atomic mass is 10.8. The number of hydrogen-bond donors (Lipinski definition) is 0. The summed E-state index contributed by atoms with van der Waals surface area (Å²) in [5.74, 6) is 0. The van der Waals surface area contributed by atoms with Gasteiger partial charge in [-0.1, -0.05) is 47.0 Å². The maximum Gasteiger partial charge on any atom is 0.134 e. The SMILES string of the molecule is C1=CSC(=C2Sc3nccnc3S2)S1. The van der Waals surface area contributed by atoms with Gasteiger partial charge in [0.1, 0.15) is 10.1 Å². The molecule has 0 unspecified atom stereocenters. The lowest BCUT2D eigenvalue weighted by Crippen LogP contribution is -1.79. The van der Waals surface area contributed by atoms with Crippen molar-refractivity contribution in [2.45, 2.75) is 10.1 Å². The van der Waals surface area contributed by atoms with Crippen LogP contribution >= 0.6 is 47.0 Å². The number of fused-ring (bicyclic) bond motifs is 1. The van der Waals surface area contributed by atoms with Crippen LogP contribution in [0.1, 0.15) is 0 Å². The summed E-state index contributed by atoms with van der Waals surface area (Å²) in [5, 5.41) is 6.29. The monoisotopic (exact) mass is 256 g/mol. The number of thioether (sulfide) groups is 4. The van der Waals surface area contributed by atoms with Gasteiger partial charge in [-0.3, -0.25) is 0 Å². The zero-order valence-corrected chi connectivity index (χ0v) is 10.1. The van der Waals surface area contributed by atoms with Gasteiger partial charge in [0.15, 0.2) is 0 Å². The van der Waals surface area contributed by atoms with E-state index in [1.807, 2.05) is 0 Å². The Labute approximate surface area is 98.4 Å². The van der Waals surface area contributed by atoms with Crippen molar-refractivity contribution in [3.05, 3.63) is 31.7 Å². The Bertz CT molecular complexity index is 404. The molecule has 0 N–H and O–H groups in total. The summed E-state index contributed by atoms with van der Waals surface area (Å²) < 4.78 is 2.66. The summed E-state index contributed by atoms with van der Waals surface area (Å²) in [6, 6.07) is 0. The van der Waals surface area contributed by atoms with E-state index >= 15 is 0 Å². The Morgan fingerprint density at radius 1 is 0.786 bits per heavy atom. The third-order valence-corrected chi connectivity index (χ3v) is 6.62. The number of hydrogen-bond acceptors (Lipinski definition) is 6. The molecule has 1 aromatic rings. The molecule has 2 nitrogen and oxygen atoms in total. The zero-order valence-electron chi connectivity index (χ0n) is 6.84. The lowest BCUT2D eigenvalue weighted by molar-refractivity contribution is 0.930. The van der Waals surface area contributed by atoms with E-state index in [4.69, 9.17) is 0 Å². The van der Waals surface area contributed by atoms with Gasteiger partial charge in [-0.15, -0.1) is 0 Å². The largest absolute Gasteiger partial charge is 0.245 e. The predicted octanol–water partition coefficient (Wildman–Crippen LogP) is 3.75. The average Bonchev–Trinajstić information content (AvgIpc) is 2.86. The van der Waals surface area contributed by atoms with Crippen LogP contribution in [0.2, 0.25) is 0 Å². The molecule has 0 fully saturated rings. The highest BCUT2D eigenvalue weighted by atomic mass is 32.2. The molecule has 0 saturated heterocycles. The molecule has 14 heavy (non-hydrogen) atoms. The van der Waals surface area contributed by atoms with Gasteiger partial charge in [0.25, 0.3) is 0 Å². The van der Waals surface area contributed by atoms with Gasteiger partial charge in [0.05, 0.1) is 8.47 Å². The summed E-state index contributed by atoms with van der Waals surface area (Å²) in [6.07, 6.45) is 3.49.